The zero-order valence-electron chi connectivity index (χ0n) is 13.8. The van der Waals surface area contributed by atoms with Crippen LogP contribution in [0.4, 0.5) is 5.13 Å². The van der Waals surface area contributed by atoms with Crippen LogP contribution in [0.25, 0.3) is 0 Å². The molecule has 24 heavy (non-hydrogen) atoms. The van der Waals surface area contributed by atoms with Crippen LogP contribution in [-0.2, 0) is 4.79 Å². The molecule has 2 aromatic rings. The molecule has 1 aliphatic rings. The Hall–Kier alpha value is -1.76. The normalized spacial score (nSPS) is 18.9. The summed E-state index contributed by atoms with van der Waals surface area (Å²) in [7, 11) is 0. The van der Waals surface area contributed by atoms with E-state index in [9.17, 15) is 9.90 Å². The highest BCUT2D eigenvalue weighted by atomic mass is 32.1. The molecule has 0 bridgehead atoms. The first-order chi connectivity index (χ1) is 11.6. The number of likely N-dealkylation sites (tertiary alicyclic amines) is 1. The fraction of sp³-hybridized carbons (Fsp3) is 0.444. The van der Waals surface area contributed by atoms with E-state index < -0.39 is 6.10 Å². The molecule has 0 spiro atoms. The Kier molecular flexibility index (Phi) is 5.60. The lowest BCUT2D eigenvalue weighted by atomic mass is 9.87. The van der Waals surface area contributed by atoms with E-state index in [1.54, 1.807) is 6.20 Å². The summed E-state index contributed by atoms with van der Waals surface area (Å²) in [6.07, 6.45) is 3.05. The minimum absolute atomic E-state index is 0.0213. The van der Waals surface area contributed by atoms with Crippen LogP contribution in [0, 0.1) is 5.92 Å². The van der Waals surface area contributed by atoms with Gasteiger partial charge in [0.1, 0.15) is 0 Å². The van der Waals surface area contributed by atoms with E-state index in [0.717, 1.165) is 31.5 Å². The van der Waals surface area contributed by atoms with Gasteiger partial charge < -0.3 is 10.4 Å². The molecule has 2 heterocycles. The van der Waals surface area contributed by atoms with Gasteiger partial charge in [0.15, 0.2) is 5.13 Å². The Balaban J connectivity index is 1.52. The molecule has 1 aromatic heterocycles. The van der Waals surface area contributed by atoms with E-state index in [2.05, 4.69) is 15.2 Å². The van der Waals surface area contributed by atoms with Gasteiger partial charge in [-0.2, -0.15) is 0 Å². The minimum atomic E-state index is -0.423. The number of carbonyl (C=O) groups is 1. The molecule has 0 radical (unpaired) electrons. The molecule has 1 aromatic carbocycles. The van der Waals surface area contributed by atoms with Gasteiger partial charge in [-0.05, 0) is 44.3 Å². The summed E-state index contributed by atoms with van der Waals surface area (Å²) in [6, 6.07) is 9.63. The first-order valence-corrected chi connectivity index (χ1v) is 9.20. The maximum atomic E-state index is 12.3. The van der Waals surface area contributed by atoms with E-state index in [-0.39, 0.29) is 17.9 Å². The predicted octanol–water partition coefficient (Wildman–Crippen LogP) is 2.92. The third-order valence-corrected chi connectivity index (χ3v) is 5.44. The maximum Gasteiger partial charge on any atom is 0.243 e. The maximum absolute atomic E-state index is 12.3. The average molecular weight is 345 g/mol. The van der Waals surface area contributed by atoms with Gasteiger partial charge >= 0.3 is 0 Å². The van der Waals surface area contributed by atoms with Gasteiger partial charge in [-0.1, -0.05) is 30.3 Å². The number of anilines is 1. The lowest BCUT2D eigenvalue weighted by Gasteiger charge is -2.37. The summed E-state index contributed by atoms with van der Waals surface area (Å²) in [4.78, 5) is 18.6. The summed E-state index contributed by atoms with van der Waals surface area (Å²) in [5.74, 6) is 0.227. The Labute approximate surface area is 146 Å². The second-order valence-corrected chi connectivity index (χ2v) is 7.13. The molecule has 1 aliphatic heterocycles. The standard InChI is InChI=1S/C18H23N3O2S/c1-13(17(23)20-18-19-9-12-24-18)21-10-7-15(8-11-21)16(22)14-5-3-2-4-6-14/h2-6,9,12-13,15-16,22H,7-8,10-11H2,1H3,(H,19,20,23)/t13-,16+/m1/s1. The zero-order valence-corrected chi connectivity index (χ0v) is 14.6. The number of carbonyl (C=O) groups excluding carboxylic acids is 1. The molecular formula is C18H23N3O2S. The highest BCUT2D eigenvalue weighted by Crippen LogP contribution is 2.31. The molecule has 2 atom stereocenters. The van der Waals surface area contributed by atoms with Crippen LogP contribution in [0.2, 0.25) is 0 Å². The molecule has 0 saturated carbocycles. The number of hydrogen-bond acceptors (Lipinski definition) is 5. The smallest absolute Gasteiger partial charge is 0.243 e. The van der Waals surface area contributed by atoms with Crippen molar-refractivity contribution in [2.45, 2.75) is 31.9 Å². The highest BCUT2D eigenvalue weighted by Gasteiger charge is 2.30. The summed E-state index contributed by atoms with van der Waals surface area (Å²) in [5.41, 5.74) is 0.977. The molecular weight excluding hydrogens is 322 g/mol. The van der Waals surface area contributed by atoms with Crippen LogP contribution in [0.15, 0.2) is 41.9 Å². The van der Waals surface area contributed by atoms with Gasteiger partial charge in [-0.15, -0.1) is 11.3 Å². The molecule has 0 aliphatic carbocycles. The largest absolute Gasteiger partial charge is 0.388 e. The van der Waals surface area contributed by atoms with Crippen LogP contribution in [0.1, 0.15) is 31.4 Å². The number of thiazole rings is 1. The topological polar surface area (TPSA) is 65.5 Å². The number of amides is 1. The quantitative estimate of drug-likeness (QED) is 0.874. The molecule has 6 heteroatoms. The van der Waals surface area contributed by atoms with Crippen molar-refractivity contribution < 1.29 is 9.90 Å². The Morgan fingerprint density at radius 2 is 2.04 bits per heavy atom. The van der Waals surface area contributed by atoms with Crippen LogP contribution in [-0.4, -0.2) is 40.0 Å². The fourth-order valence-corrected chi connectivity index (χ4v) is 3.74. The number of piperidine rings is 1. The first-order valence-electron chi connectivity index (χ1n) is 8.32. The fourth-order valence-electron chi connectivity index (χ4n) is 3.21. The third-order valence-electron chi connectivity index (χ3n) is 4.75. The Bertz CT molecular complexity index is 640. The number of aromatic nitrogens is 1. The van der Waals surface area contributed by atoms with Crippen LogP contribution in [0.5, 0.6) is 0 Å². The number of benzene rings is 1. The van der Waals surface area contributed by atoms with Gasteiger partial charge in [-0.3, -0.25) is 9.69 Å². The Morgan fingerprint density at radius 3 is 2.67 bits per heavy atom. The molecule has 1 fully saturated rings. The number of nitrogens with one attached hydrogen (secondary N) is 1. The zero-order chi connectivity index (χ0) is 16.9. The lowest BCUT2D eigenvalue weighted by molar-refractivity contribution is -0.121. The average Bonchev–Trinajstić information content (AvgIpc) is 3.14. The van der Waals surface area contributed by atoms with Crippen molar-refractivity contribution in [2.24, 2.45) is 5.92 Å². The van der Waals surface area contributed by atoms with Crippen molar-refractivity contribution in [3.05, 3.63) is 47.5 Å². The molecule has 0 unspecified atom stereocenters. The first kappa shape index (κ1) is 17.1. The number of aliphatic hydroxyl groups excluding tert-OH is 1. The van der Waals surface area contributed by atoms with Crippen molar-refractivity contribution >= 4 is 22.4 Å². The Morgan fingerprint density at radius 1 is 1.33 bits per heavy atom. The lowest BCUT2D eigenvalue weighted by Crippen LogP contribution is -2.46. The van der Waals surface area contributed by atoms with E-state index in [0.29, 0.717) is 5.13 Å². The second-order valence-electron chi connectivity index (χ2n) is 6.23. The van der Waals surface area contributed by atoms with Crippen molar-refractivity contribution in [2.75, 3.05) is 18.4 Å². The summed E-state index contributed by atoms with van der Waals surface area (Å²) in [6.45, 7) is 3.57. The molecule has 5 nitrogen and oxygen atoms in total. The van der Waals surface area contributed by atoms with Gasteiger partial charge in [0.25, 0.3) is 0 Å². The van der Waals surface area contributed by atoms with E-state index >= 15 is 0 Å². The molecule has 128 valence electrons. The summed E-state index contributed by atoms with van der Waals surface area (Å²) in [5, 5.41) is 15.9. The van der Waals surface area contributed by atoms with Gasteiger partial charge in [0, 0.05) is 11.6 Å². The summed E-state index contributed by atoms with van der Waals surface area (Å²) < 4.78 is 0. The van der Waals surface area contributed by atoms with Crippen molar-refractivity contribution in [3.8, 4) is 0 Å². The number of nitrogens with zero attached hydrogens (tertiary/aromatic N) is 2. The number of rotatable bonds is 5. The number of aliphatic hydroxyl groups is 1. The van der Waals surface area contributed by atoms with Gasteiger partial charge in [0.2, 0.25) is 5.91 Å². The minimum Gasteiger partial charge on any atom is -0.388 e. The molecule has 2 N–H and O–H groups in total. The number of hydrogen-bond donors (Lipinski definition) is 2. The van der Waals surface area contributed by atoms with Gasteiger partial charge in [-0.25, -0.2) is 4.98 Å². The van der Waals surface area contributed by atoms with Crippen LogP contribution in [0.3, 0.4) is 0 Å². The van der Waals surface area contributed by atoms with Crippen LogP contribution >= 0.6 is 11.3 Å². The van der Waals surface area contributed by atoms with E-state index in [1.807, 2.05) is 42.6 Å². The monoisotopic (exact) mass is 345 g/mol. The summed E-state index contributed by atoms with van der Waals surface area (Å²) >= 11 is 1.42. The molecule has 1 saturated heterocycles. The van der Waals surface area contributed by atoms with Gasteiger partial charge in [0.05, 0.1) is 12.1 Å². The van der Waals surface area contributed by atoms with Crippen LogP contribution < -0.4 is 5.32 Å². The van der Waals surface area contributed by atoms with Crippen molar-refractivity contribution in [3.63, 3.8) is 0 Å². The van der Waals surface area contributed by atoms with E-state index in [1.165, 1.54) is 11.3 Å². The molecule has 3 rings (SSSR count). The third kappa shape index (κ3) is 4.01. The molecule has 1 amide bonds. The van der Waals surface area contributed by atoms with E-state index in [4.69, 9.17) is 0 Å². The predicted molar refractivity (Wildman–Crippen MR) is 95.9 cm³/mol. The second kappa shape index (κ2) is 7.88. The van der Waals surface area contributed by atoms with Crippen molar-refractivity contribution in [1.29, 1.82) is 0 Å². The SMILES string of the molecule is C[C@H](C(=O)Nc1nccs1)N1CCC([C@@H](O)c2ccccc2)CC1. The van der Waals surface area contributed by atoms with Crippen molar-refractivity contribution in [1.82, 2.24) is 9.88 Å². The highest BCUT2D eigenvalue weighted by molar-refractivity contribution is 7.13.